The van der Waals surface area contributed by atoms with Crippen LogP contribution in [-0.4, -0.2) is 36.0 Å². The predicted molar refractivity (Wildman–Crippen MR) is 90.6 cm³/mol. The monoisotopic (exact) mass is 329 g/mol. The van der Waals surface area contributed by atoms with Gasteiger partial charge in [0, 0.05) is 38.2 Å². The number of carbonyl (C=O) groups excluding carboxylic acids is 2. The van der Waals surface area contributed by atoms with Crippen LogP contribution in [0.4, 0.5) is 0 Å². The highest BCUT2D eigenvalue weighted by Gasteiger charge is 2.11. The first-order valence-electron chi connectivity index (χ1n) is 7.87. The third kappa shape index (κ3) is 4.44. The lowest BCUT2D eigenvalue weighted by molar-refractivity contribution is -0.121. The van der Waals surface area contributed by atoms with E-state index >= 15 is 0 Å². The van der Waals surface area contributed by atoms with Crippen molar-refractivity contribution in [2.75, 3.05) is 14.1 Å². The maximum atomic E-state index is 12.0. The molecule has 0 bridgehead atoms. The number of benzene rings is 1. The molecule has 128 valence electrons. The van der Waals surface area contributed by atoms with E-state index in [0.717, 1.165) is 22.6 Å². The summed E-state index contributed by atoms with van der Waals surface area (Å²) in [6.07, 6.45) is 1.00. The molecule has 1 heterocycles. The first-order valence-corrected chi connectivity index (χ1v) is 7.87. The Labute approximate surface area is 141 Å². The molecule has 2 amide bonds. The molecule has 1 aromatic heterocycles. The standard InChI is InChI=1S/C18H23N3O3/c1-12-16(13(2)24-20-12)9-10-17(22)19-11-14-5-7-15(8-6-14)18(23)21(3)4/h5-8H,9-11H2,1-4H3,(H,19,22). The van der Waals surface area contributed by atoms with Crippen LogP contribution in [0.25, 0.3) is 0 Å². The SMILES string of the molecule is Cc1noc(C)c1CCC(=O)NCc1ccc(C(=O)N(C)C)cc1. The Balaban J connectivity index is 1.82. The van der Waals surface area contributed by atoms with E-state index in [1.54, 1.807) is 26.2 Å². The van der Waals surface area contributed by atoms with Gasteiger partial charge in [-0.05, 0) is 38.0 Å². The van der Waals surface area contributed by atoms with Crippen molar-refractivity contribution in [3.8, 4) is 0 Å². The maximum Gasteiger partial charge on any atom is 0.253 e. The highest BCUT2D eigenvalue weighted by atomic mass is 16.5. The van der Waals surface area contributed by atoms with Gasteiger partial charge in [-0.3, -0.25) is 9.59 Å². The van der Waals surface area contributed by atoms with Gasteiger partial charge >= 0.3 is 0 Å². The molecule has 6 nitrogen and oxygen atoms in total. The first-order chi connectivity index (χ1) is 11.4. The molecule has 0 spiro atoms. The summed E-state index contributed by atoms with van der Waals surface area (Å²) >= 11 is 0. The molecule has 0 aliphatic rings. The average Bonchev–Trinajstić information content (AvgIpc) is 2.89. The average molecular weight is 329 g/mol. The van der Waals surface area contributed by atoms with Crippen molar-refractivity contribution in [3.63, 3.8) is 0 Å². The number of hydrogen-bond acceptors (Lipinski definition) is 4. The number of nitrogens with zero attached hydrogens (tertiary/aromatic N) is 2. The van der Waals surface area contributed by atoms with Crippen molar-refractivity contribution in [1.29, 1.82) is 0 Å². The molecule has 0 aliphatic carbocycles. The number of aromatic nitrogens is 1. The summed E-state index contributed by atoms with van der Waals surface area (Å²) in [6.45, 7) is 4.17. The summed E-state index contributed by atoms with van der Waals surface area (Å²) < 4.78 is 5.09. The van der Waals surface area contributed by atoms with Gasteiger partial charge in [-0.1, -0.05) is 17.3 Å². The van der Waals surface area contributed by atoms with Crippen molar-refractivity contribution < 1.29 is 14.1 Å². The fraction of sp³-hybridized carbons (Fsp3) is 0.389. The predicted octanol–water partition coefficient (Wildman–Crippen LogP) is 2.24. The van der Waals surface area contributed by atoms with Crippen molar-refractivity contribution in [3.05, 3.63) is 52.4 Å². The molecular weight excluding hydrogens is 306 g/mol. The lowest BCUT2D eigenvalue weighted by atomic mass is 10.1. The van der Waals surface area contributed by atoms with E-state index in [1.807, 2.05) is 26.0 Å². The van der Waals surface area contributed by atoms with Crippen LogP contribution in [0.3, 0.4) is 0 Å². The Morgan fingerprint density at radius 2 is 1.83 bits per heavy atom. The van der Waals surface area contributed by atoms with Crippen molar-refractivity contribution in [2.24, 2.45) is 0 Å². The summed E-state index contributed by atoms with van der Waals surface area (Å²) in [5.74, 6) is 0.704. The Kier molecular flexibility index (Phi) is 5.73. The number of nitrogens with one attached hydrogen (secondary N) is 1. The van der Waals surface area contributed by atoms with Crippen molar-refractivity contribution >= 4 is 11.8 Å². The summed E-state index contributed by atoms with van der Waals surface area (Å²) in [7, 11) is 3.44. The molecule has 6 heteroatoms. The van der Waals surface area contributed by atoms with Crippen LogP contribution < -0.4 is 5.32 Å². The zero-order valence-corrected chi connectivity index (χ0v) is 14.5. The van der Waals surface area contributed by atoms with E-state index in [9.17, 15) is 9.59 Å². The van der Waals surface area contributed by atoms with E-state index in [0.29, 0.717) is 24.9 Å². The molecule has 0 aliphatic heterocycles. The first kappa shape index (κ1) is 17.7. The number of hydrogen-bond donors (Lipinski definition) is 1. The van der Waals surface area contributed by atoms with Gasteiger partial charge in [0.15, 0.2) is 0 Å². The number of carbonyl (C=O) groups is 2. The Bertz CT molecular complexity index is 698. The Morgan fingerprint density at radius 1 is 1.17 bits per heavy atom. The van der Waals surface area contributed by atoms with Gasteiger partial charge in [0.05, 0.1) is 5.69 Å². The van der Waals surface area contributed by atoms with Gasteiger partial charge in [0.2, 0.25) is 5.91 Å². The van der Waals surface area contributed by atoms with E-state index in [4.69, 9.17) is 4.52 Å². The van der Waals surface area contributed by atoms with E-state index in [1.165, 1.54) is 4.90 Å². The molecule has 2 aromatic rings. The van der Waals surface area contributed by atoms with Gasteiger partial charge in [-0.2, -0.15) is 0 Å². The second-order valence-electron chi connectivity index (χ2n) is 5.98. The Hall–Kier alpha value is -2.63. The van der Waals surface area contributed by atoms with Crippen LogP contribution >= 0.6 is 0 Å². The third-order valence-electron chi connectivity index (χ3n) is 3.88. The Morgan fingerprint density at radius 3 is 2.38 bits per heavy atom. The molecule has 1 N–H and O–H groups in total. The quantitative estimate of drug-likeness (QED) is 0.882. The lowest BCUT2D eigenvalue weighted by Crippen LogP contribution is -2.23. The van der Waals surface area contributed by atoms with Crippen LogP contribution in [0, 0.1) is 13.8 Å². The van der Waals surface area contributed by atoms with E-state index in [2.05, 4.69) is 10.5 Å². The highest BCUT2D eigenvalue weighted by molar-refractivity contribution is 5.93. The maximum absolute atomic E-state index is 12.0. The molecular formula is C18H23N3O3. The molecule has 0 unspecified atom stereocenters. The molecule has 0 atom stereocenters. The van der Waals surface area contributed by atoms with Crippen molar-refractivity contribution in [1.82, 2.24) is 15.4 Å². The summed E-state index contributed by atoms with van der Waals surface area (Å²) in [5, 5.41) is 6.77. The summed E-state index contributed by atoms with van der Waals surface area (Å²) in [6, 6.07) is 7.25. The van der Waals surface area contributed by atoms with Crippen LogP contribution in [0.2, 0.25) is 0 Å². The molecule has 0 saturated heterocycles. The van der Waals surface area contributed by atoms with Crippen LogP contribution in [0.5, 0.6) is 0 Å². The lowest BCUT2D eigenvalue weighted by Gasteiger charge is -2.11. The molecule has 0 fully saturated rings. The normalized spacial score (nSPS) is 10.5. The number of rotatable bonds is 6. The minimum absolute atomic E-state index is 0.0246. The topological polar surface area (TPSA) is 75.4 Å². The van der Waals surface area contributed by atoms with Crippen molar-refractivity contribution in [2.45, 2.75) is 33.2 Å². The molecule has 0 radical (unpaired) electrons. The van der Waals surface area contributed by atoms with Gasteiger partial charge in [-0.15, -0.1) is 0 Å². The molecule has 1 aromatic carbocycles. The molecule has 24 heavy (non-hydrogen) atoms. The molecule has 2 rings (SSSR count). The number of aryl methyl sites for hydroxylation is 2. The van der Waals surface area contributed by atoms with Crippen LogP contribution in [0.1, 0.15) is 39.4 Å². The highest BCUT2D eigenvalue weighted by Crippen LogP contribution is 2.14. The van der Waals surface area contributed by atoms with E-state index in [-0.39, 0.29) is 11.8 Å². The summed E-state index contributed by atoms with van der Waals surface area (Å²) in [5.41, 5.74) is 3.42. The second-order valence-corrected chi connectivity index (χ2v) is 5.98. The fourth-order valence-corrected chi connectivity index (χ4v) is 2.41. The van der Waals surface area contributed by atoms with Gasteiger partial charge in [0.1, 0.15) is 5.76 Å². The fourth-order valence-electron chi connectivity index (χ4n) is 2.41. The molecule has 0 saturated carbocycles. The smallest absolute Gasteiger partial charge is 0.253 e. The zero-order valence-electron chi connectivity index (χ0n) is 14.5. The van der Waals surface area contributed by atoms with E-state index < -0.39 is 0 Å². The van der Waals surface area contributed by atoms with Crippen LogP contribution in [-0.2, 0) is 17.8 Å². The van der Waals surface area contributed by atoms with Gasteiger partial charge in [-0.25, -0.2) is 0 Å². The zero-order chi connectivity index (χ0) is 17.7. The minimum Gasteiger partial charge on any atom is -0.361 e. The summed E-state index contributed by atoms with van der Waals surface area (Å²) in [4.78, 5) is 25.3. The van der Waals surface area contributed by atoms with Gasteiger partial charge < -0.3 is 14.7 Å². The minimum atomic E-state index is -0.0370. The van der Waals surface area contributed by atoms with Gasteiger partial charge in [0.25, 0.3) is 5.91 Å². The van der Waals surface area contributed by atoms with Crippen LogP contribution in [0.15, 0.2) is 28.8 Å². The second kappa shape index (κ2) is 7.77. The number of amides is 2. The largest absolute Gasteiger partial charge is 0.361 e. The third-order valence-corrected chi connectivity index (χ3v) is 3.88.